The second-order valence-corrected chi connectivity index (χ2v) is 17.4. The van der Waals surface area contributed by atoms with Crippen molar-refractivity contribution in [3.8, 4) is 0 Å². The normalized spacial score (nSPS) is 14.5. The van der Waals surface area contributed by atoms with E-state index < -0.39 is 0 Å². The van der Waals surface area contributed by atoms with Gasteiger partial charge in [0.05, 0.1) is 0 Å². The Balaban J connectivity index is 1.36. The van der Waals surface area contributed by atoms with Gasteiger partial charge in [-0.2, -0.15) is 0 Å². The van der Waals surface area contributed by atoms with E-state index in [-0.39, 0.29) is 23.8 Å². The smallest absolute Gasteiger partial charge is 0.0195 e. The Morgan fingerprint density at radius 3 is 1.05 bits per heavy atom. The van der Waals surface area contributed by atoms with E-state index in [9.17, 15) is 0 Å². The molecule has 0 nitrogen and oxygen atoms in total. The van der Waals surface area contributed by atoms with Crippen molar-refractivity contribution in [2.24, 2.45) is 0 Å². The number of benzene rings is 4. The van der Waals surface area contributed by atoms with E-state index in [1.54, 1.807) is 0 Å². The Bertz CT molecular complexity index is 993. The molecule has 4 aromatic carbocycles. The molecule has 0 radical (unpaired) electrons. The SMILES string of the molecule is c1ccc(P(CCP(CCP(c2ccccc2)c2ccccc2)C2CCCCC2)c2ccccc2)cc1. The minimum Gasteiger partial charge on any atom is -0.103 e. The summed E-state index contributed by atoms with van der Waals surface area (Å²) >= 11 is 0. The zero-order valence-electron chi connectivity index (χ0n) is 21.8. The zero-order valence-corrected chi connectivity index (χ0v) is 24.5. The maximum Gasteiger partial charge on any atom is -0.0195 e. The second kappa shape index (κ2) is 14.4. The van der Waals surface area contributed by atoms with Gasteiger partial charge < -0.3 is 0 Å². The molecule has 1 aliphatic carbocycles. The second-order valence-electron chi connectivity index (χ2n) is 9.97. The summed E-state index contributed by atoms with van der Waals surface area (Å²) < 4.78 is 0. The van der Waals surface area contributed by atoms with Crippen LogP contribution in [0.4, 0.5) is 0 Å². The van der Waals surface area contributed by atoms with Gasteiger partial charge in [-0.15, -0.1) is 7.92 Å². The Morgan fingerprint density at radius 1 is 0.405 bits per heavy atom. The fraction of sp³-hybridized carbons (Fsp3) is 0.294. The van der Waals surface area contributed by atoms with Gasteiger partial charge in [0.1, 0.15) is 0 Å². The van der Waals surface area contributed by atoms with E-state index in [1.807, 2.05) is 0 Å². The van der Waals surface area contributed by atoms with E-state index in [0.717, 1.165) is 5.66 Å². The molecule has 4 aromatic rings. The lowest BCUT2D eigenvalue weighted by Gasteiger charge is -2.33. The Hall–Kier alpha value is -1.83. The average molecular weight is 541 g/mol. The summed E-state index contributed by atoms with van der Waals surface area (Å²) in [5.74, 6) is 0. The standard InChI is InChI=1S/C34H39P3/c1-6-16-30(17-7-1)35(26-28-36(31-18-8-2-9-19-31)32-20-10-3-11-21-32)27-29-37(33-22-12-4-13-23-33)34-24-14-5-15-25-34/h2-5,8-15,18-25,30H,1,6-7,16-17,26-29H2. The molecule has 3 heteroatoms. The highest BCUT2D eigenvalue weighted by Crippen LogP contribution is 2.52. The highest BCUT2D eigenvalue weighted by Gasteiger charge is 2.26. The van der Waals surface area contributed by atoms with E-state index in [2.05, 4.69) is 121 Å². The molecular formula is C34H39P3. The molecule has 0 aliphatic heterocycles. The molecule has 5 rings (SSSR count). The van der Waals surface area contributed by atoms with Gasteiger partial charge in [0.25, 0.3) is 0 Å². The molecule has 0 amide bonds. The van der Waals surface area contributed by atoms with Crippen LogP contribution in [0, 0.1) is 0 Å². The first kappa shape index (κ1) is 26.8. The molecule has 190 valence electrons. The summed E-state index contributed by atoms with van der Waals surface area (Å²) in [6.07, 6.45) is 12.8. The number of hydrogen-bond acceptors (Lipinski definition) is 0. The summed E-state index contributed by atoms with van der Waals surface area (Å²) in [6.45, 7) is 0. The van der Waals surface area contributed by atoms with Gasteiger partial charge in [-0.1, -0.05) is 141 Å². The third-order valence-corrected chi connectivity index (χ3v) is 16.5. The fourth-order valence-electron chi connectivity index (χ4n) is 5.63. The molecule has 0 unspecified atom stereocenters. The van der Waals surface area contributed by atoms with Crippen LogP contribution in [0.15, 0.2) is 121 Å². The molecule has 1 fully saturated rings. The summed E-state index contributed by atoms with van der Waals surface area (Å²) in [4.78, 5) is 0. The van der Waals surface area contributed by atoms with Gasteiger partial charge in [-0.05, 0) is 80.2 Å². The highest BCUT2D eigenvalue weighted by molar-refractivity contribution is 7.75. The minimum atomic E-state index is -0.297. The number of rotatable bonds is 11. The molecule has 0 spiro atoms. The molecule has 0 atom stereocenters. The first-order valence-electron chi connectivity index (χ1n) is 13.9. The van der Waals surface area contributed by atoms with E-state index in [0.29, 0.717) is 0 Å². The molecule has 1 aliphatic rings. The lowest BCUT2D eigenvalue weighted by atomic mass is 10.0. The molecule has 0 N–H and O–H groups in total. The predicted molar refractivity (Wildman–Crippen MR) is 171 cm³/mol. The van der Waals surface area contributed by atoms with E-state index in [4.69, 9.17) is 0 Å². The van der Waals surface area contributed by atoms with Crippen LogP contribution < -0.4 is 21.2 Å². The van der Waals surface area contributed by atoms with Crippen LogP contribution in [-0.2, 0) is 0 Å². The topological polar surface area (TPSA) is 0 Å². The van der Waals surface area contributed by atoms with Crippen molar-refractivity contribution >= 4 is 45.0 Å². The van der Waals surface area contributed by atoms with Gasteiger partial charge in [0, 0.05) is 0 Å². The van der Waals surface area contributed by atoms with Gasteiger partial charge in [-0.3, -0.25) is 0 Å². The third kappa shape index (κ3) is 7.61. The monoisotopic (exact) mass is 540 g/mol. The molecule has 0 heterocycles. The van der Waals surface area contributed by atoms with Crippen molar-refractivity contribution in [1.29, 1.82) is 0 Å². The molecular weight excluding hydrogens is 501 g/mol. The third-order valence-electron chi connectivity index (χ3n) is 7.58. The number of hydrogen-bond donors (Lipinski definition) is 0. The van der Waals surface area contributed by atoms with Crippen LogP contribution in [0.1, 0.15) is 32.1 Å². The zero-order chi connectivity index (χ0) is 25.1. The lowest BCUT2D eigenvalue weighted by Crippen LogP contribution is -2.21. The quantitative estimate of drug-likeness (QED) is 0.169. The van der Waals surface area contributed by atoms with Crippen molar-refractivity contribution < 1.29 is 0 Å². The van der Waals surface area contributed by atoms with Crippen LogP contribution in [0.5, 0.6) is 0 Å². The van der Waals surface area contributed by atoms with Crippen molar-refractivity contribution in [2.45, 2.75) is 37.8 Å². The average Bonchev–Trinajstić information content (AvgIpc) is 2.99. The predicted octanol–water partition coefficient (Wildman–Crippen LogP) is 8.07. The van der Waals surface area contributed by atoms with Gasteiger partial charge >= 0.3 is 0 Å². The molecule has 37 heavy (non-hydrogen) atoms. The molecule has 1 saturated carbocycles. The maximum atomic E-state index is 2.37. The van der Waals surface area contributed by atoms with Gasteiger partial charge in [0.2, 0.25) is 0 Å². The minimum absolute atomic E-state index is 0.0271. The van der Waals surface area contributed by atoms with E-state index in [1.165, 1.54) is 78.0 Å². The van der Waals surface area contributed by atoms with Crippen LogP contribution >= 0.6 is 23.8 Å². The summed E-state index contributed by atoms with van der Waals surface area (Å²) in [5.41, 5.74) is 0.968. The van der Waals surface area contributed by atoms with Gasteiger partial charge in [-0.25, -0.2) is 0 Å². The lowest BCUT2D eigenvalue weighted by molar-refractivity contribution is 0.510. The van der Waals surface area contributed by atoms with Crippen LogP contribution in [0.2, 0.25) is 0 Å². The summed E-state index contributed by atoms with van der Waals surface area (Å²) in [7, 11) is -0.566. The molecule has 0 bridgehead atoms. The van der Waals surface area contributed by atoms with Crippen molar-refractivity contribution in [1.82, 2.24) is 0 Å². The van der Waals surface area contributed by atoms with Crippen LogP contribution in [-0.4, -0.2) is 30.3 Å². The van der Waals surface area contributed by atoms with E-state index >= 15 is 0 Å². The van der Waals surface area contributed by atoms with Crippen molar-refractivity contribution in [3.05, 3.63) is 121 Å². The van der Waals surface area contributed by atoms with Crippen molar-refractivity contribution in [3.63, 3.8) is 0 Å². The Kier molecular flexibility index (Phi) is 10.4. The fourth-order valence-corrected chi connectivity index (χ4v) is 15.1. The Morgan fingerprint density at radius 2 is 0.730 bits per heavy atom. The van der Waals surface area contributed by atoms with Crippen molar-refractivity contribution in [2.75, 3.05) is 24.6 Å². The molecule has 0 aromatic heterocycles. The summed E-state index contributed by atoms with van der Waals surface area (Å²) in [6, 6.07) is 45.4. The van der Waals surface area contributed by atoms with Gasteiger partial charge in [0.15, 0.2) is 0 Å². The van der Waals surface area contributed by atoms with Crippen LogP contribution in [0.25, 0.3) is 0 Å². The Labute approximate surface area is 228 Å². The highest BCUT2D eigenvalue weighted by atomic mass is 31.1. The van der Waals surface area contributed by atoms with Crippen LogP contribution in [0.3, 0.4) is 0 Å². The summed E-state index contributed by atoms with van der Waals surface area (Å²) in [5, 5.41) is 6.16. The molecule has 0 saturated heterocycles. The largest absolute Gasteiger partial charge is 0.103 e. The maximum absolute atomic E-state index is 2.37. The first-order chi connectivity index (χ1) is 18.4. The first-order valence-corrected chi connectivity index (χ1v) is 18.7.